The van der Waals surface area contributed by atoms with Gasteiger partial charge in [0.05, 0.1) is 0 Å². The lowest BCUT2D eigenvalue weighted by Crippen LogP contribution is -2.27. The van der Waals surface area contributed by atoms with Gasteiger partial charge in [0.15, 0.2) is 5.69 Å². The van der Waals surface area contributed by atoms with Gasteiger partial charge in [0.1, 0.15) is 17.0 Å². The van der Waals surface area contributed by atoms with Crippen LogP contribution < -0.4 is 10.6 Å². The summed E-state index contributed by atoms with van der Waals surface area (Å²) in [6.45, 7) is -1.13. The number of carbonyl (C=O) groups is 2. The molecule has 0 unspecified atom stereocenters. The SMILES string of the molecule is [2H]C([2H])([2H])NC(=O)c1nnc2nc(C3CC3)[nH]c2c1Nc1ccc(C(=O)N2CCCC2)cc1. The molecule has 0 atom stereocenters. The van der Waals surface area contributed by atoms with Crippen LogP contribution in [0.5, 0.6) is 0 Å². The van der Waals surface area contributed by atoms with Crippen LogP contribution in [-0.2, 0) is 0 Å². The van der Waals surface area contributed by atoms with Gasteiger partial charge in [0.2, 0.25) is 5.65 Å². The van der Waals surface area contributed by atoms with E-state index < -0.39 is 12.9 Å². The number of amides is 2. The highest BCUT2D eigenvalue weighted by Gasteiger charge is 2.29. The molecular formula is C21H23N7O2. The van der Waals surface area contributed by atoms with Gasteiger partial charge in [-0.1, -0.05) is 0 Å². The van der Waals surface area contributed by atoms with Crippen molar-refractivity contribution in [2.45, 2.75) is 31.6 Å². The molecule has 1 aliphatic heterocycles. The molecule has 2 aliphatic rings. The number of H-pyrrole nitrogens is 1. The van der Waals surface area contributed by atoms with Gasteiger partial charge in [0, 0.05) is 41.3 Å². The van der Waals surface area contributed by atoms with E-state index in [1.54, 1.807) is 24.3 Å². The minimum atomic E-state index is -2.67. The highest BCUT2D eigenvalue weighted by Crippen LogP contribution is 2.40. The molecule has 5 rings (SSSR count). The Bertz CT molecular complexity index is 1210. The van der Waals surface area contributed by atoms with Gasteiger partial charge in [-0.05, 0) is 49.9 Å². The van der Waals surface area contributed by atoms with Crippen molar-refractivity contribution >= 4 is 34.4 Å². The van der Waals surface area contributed by atoms with Crippen molar-refractivity contribution in [3.63, 3.8) is 0 Å². The summed E-state index contributed by atoms with van der Waals surface area (Å²) in [6.07, 6.45) is 4.08. The molecule has 1 aliphatic carbocycles. The average molecular weight is 408 g/mol. The number of aromatic amines is 1. The molecular weight excluding hydrogens is 382 g/mol. The zero-order valence-electron chi connectivity index (χ0n) is 19.2. The minimum Gasteiger partial charge on any atom is -0.354 e. The Morgan fingerprint density at radius 3 is 2.63 bits per heavy atom. The van der Waals surface area contributed by atoms with Gasteiger partial charge in [-0.25, -0.2) is 4.98 Å². The Morgan fingerprint density at radius 1 is 1.17 bits per heavy atom. The maximum atomic E-state index is 12.7. The molecule has 9 heteroatoms. The lowest BCUT2D eigenvalue weighted by Gasteiger charge is -2.16. The fourth-order valence-electron chi connectivity index (χ4n) is 3.73. The average Bonchev–Trinajstić information content (AvgIpc) is 3.29. The molecule has 2 aromatic heterocycles. The second-order valence-electron chi connectivity index (χ2n) is 7.67. The number of fused-ring (bicyclic) bond motifs is 1. The van der Waals surface area contributed by atoms with Crippen LogP contribution >= 0.6 is 0 Å². The highest BCUT2D eigenvalue weighted by molar-refractivity contribution is 6.04. The number of carbonyl (C=O) groups excluding carboxylic acids is 2. The molecule has 2 fully saturated rings. The Labute approximate surface area is 177 Å². The smallest absolute Gasteiger partial charge is 0.273 e. The molecule has 0 spiro atoms. The Kier molecular flexibility index (Phi) is 3.79. The van der Waals surface area contributed by atoms with E-state index in [1.165, 1.54) is 0 Å². The molecule has 3 N–H and O–H groups in total. The molecule has 9 nitrogen and oxygen atoms in total. The molecule has 1 saturated carbocycles. The second kappa shape index (κ2) is 7.40. The Morgan fingerprint density at radius 2 is 1.93 bits per heavy atom. The molecule has 1 saturated heterocycles. The highest BCUT2D eigenvalue weighted by atomic mass is 16.2. The predicted octanol–water partition coefficient (Wildman–Crippen LogP) is 2.57. The van der Waals surface area contributed by atoms with Gasteiger partial charge in [-0.3, -0.25) is 9.59 Å². The molecule has 2 amide bonds. The first-order chi connectivity index (χ1) is 15.8. The molecule has 154 valence electrons. The standard InChI is InChI=1S/C21H23N7O2/c1-22-20(29)17-15(16-19(27-26-17)25-18(24-16)12-4-5-12)23-14-8-6-13(7-9-14)21(30)28-10-2-3-11-28/h6-9,12H,2-5,10-11H2,1H3,(H,22,29)(H2,23,24,25,27)/i1D3. The third-order valence-electron chi connectivity index (χ3n) is 5.52. The summed E-state index contributed by atoms with van der Waals surface area (Å²) >= 11 is 0. The first kappa shape index (κ1) is 15.4. The number of aromatic nitrogens is 4. The lowest BCUT2D eigenvalue weighted by atomic mass is 10.1. The molecule has 3 aromatic rings. The van der Waals surface area contributed by atoms with Crippen molar-refractivity contribution in [3.05, 3.63) is 41.3 Å². The Hall–Kier alpha value is -3.49. The summed E-state index contributed by atoms with van der Waals surface area (Å²) in [6, 6.07) is 6.91. The van der Waals surface area contributed by atoms with Crippen LogP contribution in [-0.4, -0.2) is 56.9 Å². The quantitative estimate of drug-likeness (QED) is 0.598. The minimum absolute atomic E-state index is 0.00703. The van der Waals surface area contributed by atoms with Gasteiger partial charge in [-0.15, -0.1) is 10.2 Å². The van der Waals surface area contributed by atoms with Crippen molar-refractivity contribution in [3.8, 4) is 0 Å². The van der Waals surface area contributed by atoms with Crippen LogP contribution in [0.3, 0.4) is 0 Å². The predicted molar refractivity (Wildman–Crippen MR) is 112 cm³/mol. The van der Waals surface area contributed by atoms with E-state index in [2.05, 4.69) is 25.5 Å². The maximum Gasteiger partial charge on any atom is 0.273 e. The molecule has 0 radical (unpaired) electrons. The molecule has 3 heterocycles. The number of rotatable bonds is 5. The number of imidazole rings is 1. The van der Waals surface area contributed by atoms with E-state index in [9.17, 15) is 9.59 Å². The zero-order chi connectivity index (χ0) is 23.2. The van der Waals surface area contributed by atoms with Crippen LogP contribution in [0.1, 0.15) is 62.4 Å². The summed E-state index contributed by atoms with van der Waals surface area (Å²) in [5.74, 6) is 0.201. The van der Waals surface area contributed by atoms with Gasteiger partial charge in [0.25, 0.3) is 11.8 Å². The lowest BCUT2D eigenvalue weighted by molar-refractivity contribution is 0.0792. The largest absolute Gasteiger partial charge is 0.354 e. The van der Waals surface area contributed by atoms with E-state index >= 15 is 0 Å². The number of anilines is 2. The summed E-state index contributed by atoms with van der Waals surface area (Å²) in [4.78, 5) is 34.8. The third-order valence-corrected chi connectivity index (χ3v) is 5.52. The number of benzene rings is 1. The first-order valence-corrected chi connectivity index (χ1v) is 10.0. The van der Waals surface area contributed by atoms with Crippen LogP contribution in [0.4, 0.5) is 11.4 Å². The van der Waals surface area contributed by atoms with Gasteiger partial charge in [-0.2, -0.15) is 0 Å². The van der Waals surface area contributed by atoms with Crippen LogP contribution in [0.25, 0.3) is 11.2 Å². The summed E-state index contributed by atoms with van der Waals surface area (Å²) < 4.78 is 22.0. The maximum absolute atomic E-state index is 12.7. The number of hydrogen-bond donors (Lipinski definition) is 3. The van der Waals surface area contributed by atoms with E-state index in [0.717, 1.165) is 44.6 Å². The van der Waals surface area contributed by atoms with Crippen LogP contribution in [0, 0.1) is 0 Å². The van der Waals surface area contributed by atoms with Crippen molar-refractivity contribution in [2.24, 2.45) is 0 Å². The van der Waals surface area contributed by atoms with Gasteiger partial charge >= 0.3 is 0 Å². The first-order valence-electron chi connectivity index (χ1n) is 11.5. The van der Waals surface area contributed by atoms with Crippen LogP contribution in [0.2, 0.25) is 0 Å². The van der Waals surface area contributed by atoms with Crippen molar-refractivity contribution in [2.75, 3.05) is 25.4 Å². The van der Waals surface area contributed by atoms with E-state index in [1.807, 2.05) is 10.2 Å². The number of nitrogens with one attached hydrogen (secondary N) is 3. The van der Waals surface area contributed by atoms with Crippen molar-refractivity contribution < 1.29 is 13.7 Å². The van der Waals surface area contributed by atoms with Gasteiger partial charge < -0.3 is 20.5 Å². The fraction of sp³-hybridized carbons (Fsp3) is 0.381. The summed E-state index contributed by atoms with van der Waals surface area (Å²) in [5.41, 5.74) is 2.11. The van der Waals surface area contributed by atoms with Crippen LogP contribution in [0.15, 0.2) is 24.3 Å². The Balaban J connectivity index is 1.48. The third kappa shape index (κ3) is 3.36. The number of hydrogen-bond acceptors (Lipinski definition) is 6. The number of likely N-dealkylation sites (tertiary alicyclic amines) is 1. The normalized spacial score (nSPS) is 18.0. The fourth-order valence-corrected chi connectivity index (χ4v) is 3.73. The molecule has 30 heavy (non-hydrogen) atoms. The van der Waals surface area contributed by atoms with E-state index in [-0.39, 0.29) is 17.3 Å². The second-order valence-corrected chi connectivity index (χ2v) is 7.67. The molecule has 0 bridgehead atoms. The van der Waals surface area contributed by atoms with E-state index in [0.29, 0.717) is 28.3 Å². The van der Waals surface area contributed by atoms with Crippen molar-refractivity contribution in [1.82, 2.24) is 30.4 Å². The monoisotopic (exact) mass is 408 g/mol. The van der Waals surface area contributed by atoms with Crippen molar-refractivity contribution in [1.29, 1.82) is 0 Å². The summed E-state index contributed by atoms with van der Waals surface area (Å²) in [5, 5.41) is 13.1. The topological polar surface area (TPSA) is 116 Å². The molecule has 1 aromatic carbocycles. The summed E-state index contributed by atoms with van der Waals surface area (Å²) in [7, 11) is 0. The number of nitrogens with zero attached hydrogens (tertiary/aromatic N) is 4. The zero-order valence-corrected chi connectivity index (χ0v) is 16.2. The van der Waals surface area contributed by atoms with E-state index in [4.69, 9.17) is 4.11 Å².